The third-order valence-corrected chi connectivity index (χ3v) is 4.62. The first kappa shape index (κ1) is 19.0. The highest BCUT2D eigenvalue weighted by Crippen LogP contribution is 2.47. The minimum absolute atomic E-state index is 0.000481. The lowest BCUT2D eigenvalue weighted by Crippen LogP contribution is -2.31. The first-order valence-electron chi connectivity index (χ1n) is 8.29. The number of hydrogen-bond donors (Lipinski definition) is 1. The monoisotopic (exact) mass is 376 g/mol. The zero-order valence-corrected chi connectivity index (χ0v) is 14.9. The van der Waals surface area contributed by atoms with E-state index in [1.807, 2.05) is 0 Å². The van der Waals surface area contributed by atoms with E-state index in [0.717, 1.165) is 12.2 Å². The second kappa shape index (κ2) is 6.78. The minimum atomic E-state index is -4.43. The lowest BCUT2D eigenvalue weighted by molar-refractivity contribution is -0.0883. The Morgan fingerprint density at radius 3 is 2.70 bits per heavy atom. The summed E-state index contributed by atoms with van der Waals surface area (Å²) in [6, 6.07) is 5.02. The van der Waals surface area contributed by atoms with Crippen LogP contribution in [0.3, 0.4) is 0 Å². The molecule has 0 aromatic heterocycles. The highest BCUT2D eigenvalue weighted by Gasteiger charge is 2.40. The molecule has 1 aromatic carbocycles. The van der Waals surface area contributed by atoms with Crippen LogP contribution in [0.4, 0.5) is 13.2 Å². The van der Waals surface area contributed by atoms with Crippen LogP contribution in [0.15, 0.2) is 77.6 Å². The lowest BCUT2D eigenvalue weighted by Gasteiger charge is -2.36. The van der Waals surface area contributed by atoms with Crippen molar-refractivity contribution in [1.82, 2.24) is 0 Å². The van der Waals surface area contributed by atoms with E-state index < -0.39 is 17.4 Å². The summed E-state index contributed by atoms with van der Waals surface area (Å²) in [5.41, 5.74) is -0.792. The van der Waals surface area contributed by atoms with Crippen LogP contribution in [0, 0.1) is 0 Å². The summed E-state index contributed by atoms with van der Waals surface area (Å²) >= 11 is 0. The molecule has 1 atom stereocenters. The molecule has 2 aliphatic rings. The van der Waals surface area contributed by atoms with E-state index in [1.54, 1.807) is 31.2 Å². The quantitative estimate of drug-likeness (QED) is 0.797. The average Bonchev–Trinajstić information content (AvgIpc) is 2.86. The Bertz CT molecular complexity index is 900. The van der Waals surface area contributed by atoms with Gasteiger partial charge in [0, 0.05) is 17.2 Å². The van der Waals surface area contributed by atoms with Crippen LogP contribution >= 0.6 is 0 Å². The van der Waals surface area contributed by atoms with Gasteiger partial charge in [0.15, 0.2) is 0 Å². The molecule has 3 nitrogen and oxygen atoms in total. The molecule has 0 fully saturated rings. The Kier molecular flexibility index (Phi) is 4.78. The largest absolute Gasteiger partial charge is 0.497 e. The zero-order chi connectivity index (χ0) is 19.8. The standard InChI is InChI=1S/C21H19F3O3/c1-4-17-19(13-6-5-7-14(9-8-13)21(22,23)24)20(2,25)16-11-10-15(26-3)12-18(16)27-17/h4-7,9-12,25H,1,8H2,2-3H3. The summed E-state index contributed by atoms with van der Waals surface area (Å²) in [5, 5.41) is 11.3. The molecule has 0 spiro atoms. The molecular formula is C21H19F3O3. The molecule has 0 amide bonds. The van der Waals surface area contributed by atoms with Crippen molar-refractivity contribution in [1.29, 1.82) is 0 Å². The molecule has 1 aromatic rings. The smallest absolute Gasteiger partial charge is 0.416 e. The number of methoxy groups -OCH3 is 1. The molecule has 1 aliphatic carbocycles. The van der Waals surface area contributed by atoms with Crippen LogP contribution in [0.2, 0.25) is 0 Å². The average molecular weight is 376 g/mol. The second-order valence-electron chi connectivity index (χ2n) is 6.39. The van der Waals surface area contributed by atoms with Gasteiger partial charge >= 0.3 is 6.18 Å². The lowest BCUT2D eigenvalue weighted by atomic mass is 9.79. The van der Waals surface area contributed by atoms with Crippen molar-refractivity contribution in [2.45, 2.75) is 25.1 Å². The van der Waals surface area contributed by atoms with Crippen LogP contribution in [0.5, 0.6) is 11.5 Å². The maximum atomic E-state index is 13.0. The third kappa shape index (κ3) is 3.45. The van der Waals surface area contributed by atoms with Crippen molar-refractivity contribution in [3.63, 3.8) is 0 Å². The first-order chi connectivity index (χ1) is 12.7. The number of fused-ring (bicyclic) bond motifs is 1. The molecule has 1 unspecified atom stereocenters. The molecule has 1 N–H and O–H groups in total. The van der Waals surface area contributed by atoms with Gasteiger partial charge in [0.05, 0.1) is 12.7 Å². The summed E-state index contributed by atoms with van der Waals surface area (Å²) in [7, 11) is 1.52. The Balaban J connectivity index is 2.08. The molecule has 1 heterocycles. The highest BCUT2D eigenvalue weighted by atomic mass is 19.4. The van der Waals surface area contributed by atoms with Crippen molar-refractivity contribution >= 4 is 0 Å². The second-order valence-corrected chi connectivity index (χ2v) is 6.39. The highest BCUT2D eigenvalue weighted by molar-refractivity contribution is 5.58. The summed E-state index contributed by atoms with van der Waals surface area (Å²) in [6.07, 6.45) is 2.01. The van der Waals surface area contributed by atoms with Crippen molar-refractivity contribution in [3.05, 3.63) is 83.2 Å². The topological polar surface area (TPSA) is 38.7 Å². The van der Waals surface area contributed by atoms with E-state index in [9.17, 15) is 18.3 Å². The molecule has 3 rings (SSSR count). The van der Waals surface area contributed by atoms with Gasteiger partial charge in [-0.15, -0.1) is 0 Å². The molecular weight excluding hydrogens is 357 g/mol. The molecule has 0 radical (unpaired) electrons. The van der Waals surface area contributed by atoms with E-state index in [0.29, 0.717) is 34.0 Å². The predicted molar refractivity (Wildman–Crippen MR) is 96.4 cm³/mol. The van der Waals surface area contributed by atoms with Gasteiger partial charge in [-0.25, -0.2) is 0 Å². The summed E-state index contributed by atoms with van der Waals surface area (Å²) in [5.74, 6) is 1.27. The van der Waals surface area contributed by atoms with Crippen molar-refractivity contribution in [2.75, 3.05) is 7.11 Å². The summed E-state index contributed by atoms with van der Waals surface area (Å²) < 4.78 is 50.0. The van der Waals surface area contributed by atoms with Gasteiger partial charge in [0.1, 0.15) is 22.9 Å². The number of allylic oxidation sites excluding steroid dienone is 6. The van der Waals surface area contributed by atoms with Crippen LogP contribution in [0.1, 0.15) is 18.9 Å². The fourth-order valence-electron chi connectivity index (χ4n) is 3.29. The van der Waals surface area contributed by atoms with E-state index in [-0.39, 0.29) is 6.42 Å². The molecule has 27 heavy (non-hydrogen) atoms. The Morgan fingerprint density at radius 2 is 2.07 bits per heavy atom. The number of hydrogen-bond acceptors (Lipinski definition) is 3. The molecule has 6 heteroatoms. The maximum absolute atomic E-state index is 13.0. The number of rotatable bonds is 3. The minimum Gasteiger partial charge on any atom is -0.497 e. The number of alkyl halides is 3. The Hall–Kier alpha value is -2.73. The number of halogens is 3. The molecule has 0 saturated carbocycles. The van der Waals surface area contributed by atoms with Crippen LogP contribution < -0.4 is 9.47 Å². The summed E-state index contributed by atoms with van der Waals surface area (Å²) in [6.45, 7) is 5.31. The zero-order valence-electron chi connectivity index (χ0n) is 14.9. The molecule has 1 aliphatic heterocycles. The van der Waals surface area contributed by atoms with Gasteiger partial charge in [0.2, 0.25) is 0 Å². The molecule has 0 bridgehead atoms. The SMILES string of the molecule is C=CC1=C(C2=CC=CC(C(F)(F)F)=CC2)C(C)(O)c2ccc(OC)cc2O1. The fourth-order valence-corrected chi connectivity index (χ4v) is 3.29. The van der Waals surface area contributed by atoms with Gasteiger partial charge in [0.25, 0.3) is 0 Å². The van der Waals surface area contributed by atoms with Gasteiger partial charge in [-0.05, 0) is 37.1 Å². The number of aliphatic hydroxyl groups is 1. The maximum Gasteiger partial charge on any atom is 0.416 e. The van der Waals surface area contributed by atoms with Gasteiger partial charge in [-0.1, -0.05) is 30.9 Å². The van der Waals surface area contributed by atoms with Crippen LogP contribution in [0.25, 0.3) is 0 Å². The van der Waals surface area contributed by atoms with Crippen molar-refractivity contribution < 1.29 is 27.8 Å². The van der Waals surface area contributed by atoms with Crippen molar-refractivity contribution in [2.24, 2.45) is 0 Å². The van der Waals surface area contributed by atoms with Crippen molar-refractivity contribution in [3.8, 4) is 11.5 Å². The van der Waals surface area contributed by atoms with E-state index in [2.05, 4.69) is 6.58 Å². The summed E-state index contributed by atoms with van der Waals surface area (Å²) in [4.78, 5) is 0. The van der Waals surface area contributed by atoms with E-state index in [1.165, 1.54) is 19.3 Å². The first-order valence-corrected chi connectivity index (χ1v) is 8.29. The Morgan fingerprint density at radius 1 is 1.33 bits per heavy atom. The van der Waals surface area contributed by atoms with E-state index in [4.69, 9.17) is 9.47 Å². The van der Waals surface area contributed by atoms with Gasteiger partial charge in [-0.2, -0.15) is 13.2 Å². The van der Waals surface area contributed by atoms with Crippen LogP contribution in [-0.2, 0) is 5.60 Å². The fraction of sp³-hybridized carbons (Fsp3) is 0.238. The normalized spacial score (nSPS) is 22.3. The number of ether oxygens (including phenoxy) is 2. The predicted octanol–water partition coefficient (Wildman–Crippen LogP) is 5.11. The van der Waals surface area contributed by atoms with Crippen LogP contribution in [-0.4, -0.2) is 18.4 Å². The molecule has 0 saturated heterocycles. The van der Waals surface area contributed by atoms with E-state index >= 15 is 0 Å². The van der Waals surface area contributed by atoms with Gasteiger partial charge in [-0.3, -0.25) is 0 Å². The number of benzene rings is 1. The third-order valence-electron chi connectivity index (χ3n) is 4.62. The molecule has 142 valence electrons. The Labute approximate surface area is 155 Å². The van der Waals surface area contributed by atoms with Gasteiger partial charge < -0.3 is 14.6 Å².